The van der Waals surface area contributed by atoms with E-state index in [1.165, 1.54) is 36.2 Å². The molecule has 1 aliphatic rings. The molecule has 33 heavy (non-hydrogen) atoms. The number of aryl methyl sites for hydroxylation is 1. The molecule has 0 saturated carbocycles. The second-order valence-electron chi connectivity index (χ2n) is 8.20. The van der Waals surface area contributed by atoms with Crippen LogP contribution in [0.4, 0.5) is 20.2 Å². The van der Waals surface area contributed by atoms with E-state index in [-0.39, 0.29) is 17.7 Å². The van der Waals surface area contributed by atoms with Gasteiger partial charge in [0.1, 0.15) is 0 Å². The fraction of sp³-hybridized carbons (Fsp3) is 0.320. The molecule has 0 saturated heterocycles. The molecule has 2 heterocycles. The normalized spacial score (nSPS) is 16.4. The second-order valence-corrected chi connectivity index (χ2v) is 8.20. The maximum atomic E-state index is 14.0. The Balaban J connectivity index is 1.56. The number of amides is 2. The fourth-order valence-corrected chi connectivity index (χ4v) is 4.04. The van der Waals surface area contributed by atoms with Crippen LogP contribution in [0.3, 0.4) is 0 Å². The number of alkyl halides is 2. The maximum absolute atomic E-state index is 14.0. The number of hydrazone groups is 1. The van der Waals surface area contributed by atoms with E-state index in [1.54, 1.807) is 13.0 Å². The van der Waals surface area contributed by atoms with E-state index in [2.05, 4.69) is 21.9 Å². The van der Waals surface area contributed by atoms with Gasteiger partial charge in [-0.1, -0.05) is 32.0 Å². The molecule has 0 aliphatic carbocycles. The van der Waals surface area contributed by atoms with Gasteiger partial charge < -0.3 is 9.88 Å². The number of nitrogens with one attached hydrogen (secondary N) is 1. The van der Waals surface area contributed by atoms with E-state index in [4.69, 9.17) is 0 Å². The third-order valence-corrected chi connectivity index (χ3v) is 5.86. The molecule has 1 aliphatic heterocycles. The molecule has 0 fully saturated rings. The van der Waals surface area contributed by atoms with Gasteiger partial charge in [-0.25, -0.2) is 8.78 Å². The summed E-state index contributed by atoms with van der Waals surface area (Å²) in [6.45, 7) is 5.95. The highest BCUT2D eigenvalue weighted by atomic mass is 19.3. The number of nitrogens with zero attached hydrogens (tertiary/aromatic N) is 3. The summed E-state index contributed by atoms with van der Waals surface area (Å²) in [5.74, 6) is -5.20. The third kappa shape index (κ3) is 4.25. The van der Waals surface area contributed by atoms with Gasteiger partial charge in [-0.15, -0.1) is 0 Å². The second kappa shape index (κ2) is 8.77. The summed E-state index contributed by atoms with van der Waals surface area (Å²) in [5, 5.41) is 9.22. The van der Waals surface area contributed by atoms with Gasteiger partial charge in [-0.2, -0.15) is 10.1 Å². The summed E-state index contributed by atoms with van der Waals surface area (Å²) >= 11 is 0. The van der Waals surface area contributed by atoms with Crippen molar-refractivity contribution in [2.24, 2.45) is 11.0 Å². The molecule has 1 atom stereocenters. The lowest BCUT2D eigenvalue weighted by atomic mass is 10.0. The Kier molecular flexibility index (Phi) is 6.01. The highest BCUT2D eigenvalue weighted by Gasteiger charge is 2.40. The molecule has 0 spiro atoms. The first-order valence-electron chi connectivity index (χ1n) is 11.0. The number of anilines is 2. The average molecular weight is 453 g/mol. The monoisotopic (exact) mass is 452 g/mol. The molecular weight excluding hydrogens is 426 g/mol. The molecular formula is C25H26F2N4O2. The molecule has 2 aromatic carbocycles. The van der Waals surface area contributed by atoms with Gasteiger partial charge in [-0.3, -0.25) is 9.59 Å². The maximum Gasteiger partial charge on any atom is 0.273 e. The predicted molar refractivity (Wildman–Crippen MR) is 126 cm³/mol. The minimum atomic E-state index is -2.99. The highest BCUT2D eigenvalue weighted by molar-refractivity contribution is 6.28. The number of hydrogen-bond donors (Lipinski definition) is 1. The summed E-state index contributed by atoms with van der Waals surface area (Å²) in [6, 6.07) is 13.1. The molecule has 1 unspecified atom stereocenters. The van der Waals surface area contributed by atoms with Crippen LogP contribution in [0.2, 0.25) is 0 Å². The van der Waals surface area contributed by atoms with Gasteiger partial charge in [-0.05, 0) is 49.1 Å². The summed E-state index contributed by atoms with van der Waals surface area (Å²) < 4.78 is 30.2. The molecule has 1 N–H and O–H groups in total. The highest BCUT2D eigenvalue weighted by Crippen LogP contribution is 2.33. The number of benzene rings is 2. The van der Waals surface area contributed by atoms with Crippen molar-refractivity contribution >= 4 is 39.8 Å². The third-order valence-electron chi connectivity index (χ3n) is 5.86. The zero-order valence-electron chi connectivity index (χ0n) is 18.8. The van der Waals surface area contributed by atoms with Crippen molar-refractivity contribution in [1.82, 2.24) is 4.57 Å². The van der Waals surface area contributed by atoms with Crippen molar-refractivity contribution in [3.05, 3.63) is 60.3 Å². The number of fused-ring (bicyclic) bond motifs is 1. The topological polar surface area (TPSA) is 66.7 Å². The first kappa shape index (κ1) is 22.6. The summed E-state index contributed by atoms with van der Waals surface area (Å²) in [6.07, 6.45) is 2.63. The van der Waals surface area contributed by atoms with E-state index >= 15 is 0 Å². The van der Waals surface area contributed by atoms with Crippen LogP contribution >= 0.6 is 0 Å². The lowest BCUT2D eigenvalue weighted by Gasteiger charge is -2.17. The number of carbonyl (C=O) groups excluding carboxylic acids is 2. The standard InChI is InChI=1S/C25H26F2N4O2/c1-4-12-30-13-11-17-9-10-20(15-21(17)30)31-24(33)22(16(3)29-31)23(32)28-19-8-6-7-18(14-19)25(26,27)5-2/h6-11,13-15,22H,4-5,12H2,1-3H3,(H,28,32). The molecule has 0 bridgehead atoms. The van der Waals surface area contributed by atoms with Gasteiger partial charge in [0.15, 0.2) is 5.92 Å². The minimum absolute atomic E-state index is 0.184. The van der Waals surface area contributed by atoms with Crippen LogP contribution in [0.15, 0.2) is 59.8 Å². The number of hydrogen-bond acceptors (Lipinski definition) is 3. The summed E-state index contributed by atoms with van der Waals surface area (Å²) in [5.41, 5.74) is 1.93. The lowest BCUT2D eigenvalue weighted by Crippen LogP contribution is -2.36. The van der Waals surface area contributed by atoms with E-state index < -0.39 is 23.7 Å². The molecule has 2 amide bonds. The minimum Gasteiger partial charge on any atom is -0.347 e. The van der Waals surface area contributed by atoms with Gasteiger partial charge in [0.25, 0.3) is 11.8 Å². The SMILES string of the molecule is CCCn1ccc2ccc(N3N=C(C)C(C(=O)Nc4cccc(C(F)(F)CC)c4)C3=O)cc21. The Bertz CT molecular complexity index is 1250. The van der Waals surface area contributed by atoms with E-state index in [0.717, 1.165) is 23.9 Å². The Morgan fingerprint density at radius 3 is 2.67 bits per heavy atom. The van der Waals surface area contributed by atoms with Crippen molar-refractivity contribution < 1.29 is 18.4 Å². The average Bonchev–Trinajstić information content (AvgIpc) is 3.33. The molecule has 3 aromatic rings. The Labute approximate surface area is 190 Å². The zero-order valence-corrected chi connectivity index (χ0v) is 18.8. The van der Waals surface area contributed by atoms with Crippen LogP contribution in [0.1, 0.15) is 39.2 Å². The molecule has 4 rings (SSSR count). The first-order chi connectivity index (χ1) is 15.7. The zero-order chi connectivity index (χ0) is 23.8. The molecule has 0 radical (unpaired) electrons. The van der Waals surface area contributed by atoms with Gasteiger partial charge in [0.2, 0.25) is 5.91 Å². The van der Waals surface area contributed by atoms with E-state index in [9.17, 15) is 18.4 Å². The molecule has 6 nitrogen and oxygen atoms in total. The Hall–Kier alpha value is -3.55. The number of rotatable bonds is 7. The van der Waals surface area contributed by atoms with E-state index in [1.807, 2.05) is 24.4 Å². The van der Waals surface area contributed by atoms with Crippen LogP contribution in [-0.2, 0) is 22.1 Å². The van der Waals surface area contributed by atoms with Crippen LogP contribution < -0.4 is 10.3 Å². The summed E-state index contributed by atoms with van der Waals surface area (Å²) in [4.78, 5) is 26.1. The van der Waals surface area contributed by atoms with Crippen LogP contribution in [0, 0.1) is 5.92 Å². The quantitative estimate of drug-likeness (QED) is 0.479. The molecule has 8 heteroatoms. The number of carbonyl (C=O) groups is 2. The van der Waals surface area contributed by atoms with Gasteiger partial charge in [0.05, 0.1) is 16.9 Å². The summed E-state index contributed by atoms with van der Waals surface area (Å²) in [7, 11) is 0. The van der Waals surface area contributed by atoms with Crippen molar-refractivity contribution in [2.75, 3.05) is 10.3 Å². The molecule has 172 valence electrons. The fourth-order valence-electron chi connectivity index (χ4n) is 4.04. The Morgan fingerprint density at radius 2 is 1.94 bits per heavy atom. The van der Waals surface area contributed by atoms with Crippen LogP contribution in [0.25, 0.3) is 10.9 Å². The first-order valence-corrected chi connectivity index (χ1v) is 11.0. The van der Waals surface area contributed by atoms with Gasteiger partial charge >= 0.3 is 0 Å². The van der Waals surface area contributed by atoms with E-state index in [0.29, 0.717) is 11.4 Å². The van der Waals surface area contributed by atoms with Crippen molar-refractivity contribution in [1.29, 1.82) is 0 Å². The Morgan fingerprint density at radius 1 is 1.15 bits per heavy atom. The number of aromatic nitrogens is 1. The van der Waals surface area contributed by atoms with Crippen LogP contribution in [-0.4, -0.2) is 22.1 Å². The smallest absolute Gasteiger partial charge is 0.273 e. The molecule has 1 aromatic heterocycles. The van der Waals surface area contributed by atoms with Crippen LogP contribution in [0.5, 0.6) is 0 Å². The van der Waals surface area contributed by atoms with Crippen molar-refractivity contribution in [2.45, 2.75) is 46.1 Å². The predicted octanol–water partition coefficient (Wildman–Crippen LogP) is 5.53. The largest absolute Gasteiger partial charge is 0.347 e. The van der Waals surface area contributed by atoms with Gasteiger partial charge in [0, 0.05) is 30.4 Å². The van der Waals surface area contributed by atoms with Crippen molar-refractivity contribution in [3.8, 4) is 0 Å². The van der Waals surface area contributed by atoms with Crippen molar-refractivity contribution in [3.63, 3.8) is 0 Å². The number of halogens is 2. The lowest BCUT2D eigenvalue weighted by molar-refractivity contribution is -0.127.